The lowest BCUT2D eigenvalue weighted by Gasteiger charge is -2.29. The summed E-state index contributed by atoms with van der Waals surface area (Å²) < 4.78 is 2.01. The summed E-state index contributed by atoms with van der Waals surface area (Å²) in [6.07, 6.45) is 3.79. The second kappa shape index (κ2) is 4.48. The number of nitrogens with zero attached hydrogens (tertiary/aromatic N) is 2. The number of hydrogen-bond donors (Lipinski definition) is 2. The molecule has 0 aromatic carbocycles. The van der Waals surface area contributed by atoms with E-state index in [2.05, 4.69) is 38.1 Å². The van der Waals surface area contributed by atoms with Crippen molar-refractivity contribution >= 4 is 11.5 Å². The summed E-state index contributed by atoms with van der Waals surface area (Å²) in [7, 11) is 0. The van der Waals surface area contributed by atoms with Crippen molar-refractivity contribution in [2.75, 3.05) is 11.1 Å². The number of nitrogens with one attached hydrogen (secondary N) is 1. The molecule has 102 valence electrons. The minimum atomic E-state index is 0.327. The van der Waals surface area contributed by atoms with Gasteiger partial charge in [0.05, 0.1) is 11.4 Å². The molecule has 2 rings (SSSR count). The van der Waals surface area contributed by atoms with Crippen molar-refractivity contribution in [1.82, 2.24) is 9.78 Å². The highest BCUT2D eigenvalue weighted by atomic mass is 15.4. The lowest BCUT2D eigenvalue weighted by molar-refractivity contribution is 0.347. The maximum Gasteiger partial charge on any atom is 0.148 e. The van der Waals surface area contributed by atoms with E-state index in [0.29, 0.717) is 17.5 Å². The Labute approximate surface area is 110 Å². The fraction of sp³-hybridized carbons (Fsp3) is 0.786. The summed E-state index contributed by atoms with van der Waals surface area (Å²) in [6, 6.07) is 0.821. The highest BCUT2D eigenvalue weighted by molar-refractivity contribution is 5.65. The SMILES string of the molecule is Cc1nn(C(C)C)c(NC2CCCC2(C)C)c1N. The van der Waals surface area contributed by atoms with Crippen LogP contribution in [0.15, 0.2) is 0 Å². The van der Waals surface area contributed by atoms with Gasteiger partial charge in [-0.3, -0.25) is 0 Å². The summed E-state index contributed by atoms with van der Waals surface area (Å²) in [5.41, 5.74) is 8.22. The Kier molecular flexibility index (Phi) is 3.30. The quantitative estimate of drug-likeness (QED) is 0.865. The van der Waals surface area contributed by atoms with Crippen LogP contribution in [0.4, 0.5) is 11.5 Å². The van der Waals surface area contributed by atoms with E-state index in [1.54, 1.807) is 0 Å². The van der Waals surface area contributed by atoms with Gasteiger partial charge in [-0.05, 0) is 39.0 Å². The van der Waals surface area contributed by atoms with Crippen molar-refractivity contribution < 1.29 is 0 Å². The molecule has 1 atom stereocenters. The third-order valence-electron chi connectivity index (χ3n) is 4.19. The number of hydrogen-bond acceptors (Lipinski definition) is 3. The Morgan fingerprint density at radius 1 is 1.44 bits per heavy atom. The van der Waals surface area contributed by atoms with Gasteiger partial charge < -0.3 is 11.1 Å². The van der Waals surface area contributed by atoms with Gasteiger partial charge in [0.25, 0.3) is 0 Å². The Morgan fingerprint density at radius 3 is 2.61 bits per heavy atom. The summed E-state index contributed by atoms with van der Waals surface area (Å²) in [5.74, 6) is 1.00. The van der Waals surface area contributed by atoms with E-state index in [9.17, 15) is 0 Å². The van der Waals surface area contributed by atoms with Crippen LogP contribution >= 0.6 is 0 Å². The van der Waals surface area contributed by atoms with Crippen LogP contribution in [0.2, 0.25) is 0 Å². The summed E-state index contributed by atoms with van der Waals surface area (Å²) in [6.45, 7) is 10.9. The van der Waals surface area contributed by atoms with Gasteiger partial charge in [0.15, 0.2) is 0 Å². The molecule has 1 fully saturated rings. The normalized spacial score (nSPS) is 22.7. The van der Waals surface area contributed by atoms with Gasteiger partial charge in [0.2, 0.25) is 0 Å². The van der Waals surface area contributed by atoms with Crippen LogP contribution in [0.5, 0.6) is 0 Å². The van der Waals surface area contributed by atoms with Crippen LogP contribution in [-0.4, -0.2) is 15.8 Å². The number of nitrogen functional groups attached to an aromatic ring is 1. The van der Waals surface area contributed by atoms with Crippen molar-refractivity contribution in [1.29, 1.82) is 0 Å². The molecule has 1 aromatic rings. The third kappa shape index (κ3) is 2.20. The first kappa shape index (κ1) is 13.2. The molecule has 1 aliphatic rings. The second-order valence-corrected chi connectivity index (χ2v) is 6.46. The van der Waals surface area contributed by atoms with Gasteiger partial charge in [0.1, 0.15) is 5.82 Å². The lowest BCUT2D eigenvalue weighted by atomic mass is 9.87. The van der Waals surface area contributed by atoms with E-state index >= 15 is 0 Å². The molecule has 1 saturated carbocycles. The first-order valence-electron chi connectivity index (χ1n) is 6.94. The minimum Gasteiger partial charge on any atom is -0.394 e. The summed E-state index contributed by atoms with van der Waals surface area (Å²) >= 11 is 0. The zero-order valence-corrected chi connectivity index (χ0v) is 12.2. The van der Waals surface area contributed by atoms with E-state index in [4.69, 9.17) is 5.73 Å². The number of anilines is 2. The van der Waals surface area contributed by atoms with Gasteiger partial charge in [-0.1, -0.05) is 20.3 Å². The average molecular weight is 250 g/mol. The maximum absolute atomic E-state index is 6.16. The number of aryl methyl sites for hydroxylation is 1. The molecule has 1 unspecified atom stereocenters. The van der Waals surface area contributed by atoms with E-state index in [1.807, 2.05) is 11.6 Å². The smallest absolute Gasteiger partial charge is 0.148 e. The molecule has 1 aromatic heterocycles. The van der Waals surface area contributed by atoms with Crippen LogP contribution in [0.3, 0.4) is 0 Å². The monoisotopic (exact) mass is 250 g/mol. The van der Waals surface area contributed by atoms with Crippen molar-refractivity contribution in [2.45, 2.75) is 66.0 Å². The van der Waals surface area contributed by atoms with Crippen molar-refractivity contribution in [3.05, 3.63) is 5.69 Å². The first-order chi connectivity index (χ1) is 8.33. The molecule has 0 radical (unpaired) electrons. The molecule has 0 aliphatic heterocycles. The van der Waals surface area contributed by atoms with Crippen LogP contribution < -0.4 is 11.1 Å². The molecule has 0 amide bonds. The van der Waals surface area contributed by atoms with Gasteiger partial charge in [-0.15, -0.1) is 0 Å². The van der Waals surface area contributed by atoms with Gasteiger partial charge in [0, 0.05) is 12.1 Å². The highest BCUT2D eigenvalue weighted by Gasteiger charge is 2.35. The van der Waals surface area contributed by atoms with Crippen LogP contribution in [0.25, 0.3) is 0 Å². The number of nitrogens with two attached hydrogens (primary N) is 1. The number of rotatable bonds is 3. The van der Waals surface area contributed by atoms with Gasteiger partial charge in [-0.25, -0.2) is 4.68 Å². The Hall–Kier alpha value is -1.19. The third-order valence-corrected chi connectivity index (χ3v) is 4.19. The largest absolute Gasteiger partial charge is 0.394 e. The standard InChI is InChI=1S/C14H26N4/c1-9(2)18-13(12(15)10(3)17-18)16-11-7-6-8-14(11,4)5/h9,11,16H,6-8,15H2,1-5H3. The van der Waals surface area contributed by atoms with Crippen LogP contribution in [0, 0.1) is 12.3 Å². The Morgan fingerprint density at radius 2 is 2.11 bits per heavy atom. The lowest BCUT2D eigenvalue weighted by Crippen LogP contribution is -2.32. The molecule has 0 saturated heterocycles. The van der Waals surface area contributed by atoms with Crippen molar-refractivity contribution in [3.63, 3.8) is 0 Å². The predicted molar refractivity (Wildman–Crippen MR) is 76.8 cm³/mol. The fourth-order valence-corrected chi connectivity index (χ4v) is 2.84. The molecule has 0 spiro atoms. The predicted octanol–water partition coefficient (Wildman–Crippen LogP) is 3.35. The molecule has 0 bridgehead atoms. The molecule has 1 aliphatic carbocycles. The fourth-order valence-electron chi connectivity index (χ4n) is 2.84. The maximum atomic E-state index is 6.16. The van der Waals surface area contributed by atoms with Gasteiger partial charge >= 0.3 is 0 Å². The Bertz CT molecular complexity index is 431. The van der Waals surface area contributed by atoms with E-state index in [-0.39, 0.29) is 0 Å². The minimum absolute atomic E-state index is 0.327. The molecule has 3 N–H and O–H groups in total. The molecular weight excluding hydrogens is 224 g/mol. The highest BCUT2D eigenvalue weighted by Crippen LogP contribution is 2.40. The molecular formula is C14H26N4. The molecule has 18 heavy (non-hydrogen) atoms. The van der Waals surface area contributed by atoms with Gasteiger partial charge in [-0.2, -0.15) is 5.10 Å². The molecule has 4 nitrogen and oxygen atoms in total. The van der Waals surface area contributed by atoms with E-state index in [0.717, 1.165) is 17.2 Å². The average Bonchev–Trinajstić information content (AvgIpc) is 2.73. The summed E-state index contributed by atoms with van der Waals surface area (Å²) in [5, 5.41) is 8.17. The number of aromatic nitrogens is 2. The first-order valence-corrected chi connectivity index (χ1v) is 6.94. The zero-order chi connectivity index (χ0) is 13.5. The topological polar surface area (TPSA) is 55.9 Å². The van der Waals surface area contributed by atoms with E-state index in [1.165, 1.54) is 19.3 Å². The molecule has 4 heteroatoms. The van der Waals surface area contributed by atoms with Crippen molar-refractivity contribution in [3.8, 4) is 0 Å². The summed E-state index contributed by atoms with van der Waals surface area (Å²) in [4.78, 5) is 0. The second-order valence-electron chi connectivity index (χ2n) is 6.46. The van der Waals surface area contributed by atoms with Crippen LogP contribution in [0.1, 0.15) is 58.7 Å². The van der Waals surface area contributed by atoms with Crippen LogP contribution in [-0.2, 0) is 0 Å². The van der Waals surface area contributed by atoms with Crippen molar-refractivity contribution in [2.24, 2.45) is 5.41 Å². The Balaban J connectivity index is 2.28. The molecule has 1 heterocycles. The van der Waals surface area contributed by atoms with E-state index < -0.39 is 0 Å². The zero-order valence-electron chi connectivity index (χ0n) is 12.2.